The van der Waals surface area contributed by atoms with E-state index >= 15 is 0 Å². The summed E-state index contributed by atoms with van der Waals surface area (Å²) in [5.41, 5.74) is 1.16. The van der Waals surface area contributed by atoms with Gasteiger partial charge in [0.1, 0.15) is 11.9 Å². The van der Waals surface area contributed by atoms with Gasteiger partial charge in [-0.15, -0.1) is 0 Å². The highest BCUT2D eigenvalue weighted by molar-refractivity contribution is 7.90. The van der Waals surface area contributed by atoms with Crippen LogP contribution in [-0.2, 0) is 15.6 Å². The molecule has 152 valence electrons. The molecule has 30 heavy (non-hydrogen) atoms. The van der Waals surface area contributed by atoms with Gasteiger partial charge in [0.05, 0.1) is 27.5 Å². The van der Waals surface area contributed by atoms with E-state index in [2.05, 4.69) is 4.37 Å². The third-order valence-corrected chi connectivity index (χ3v) is 7.26. The lowest BCUT2D eigenvalue weighted by atomic mass is 10.0. The summed E-state index contributed by atoms with van der Waals surface area (Å²) in [6.07, 6.45) is 1.68. The highest BCUT2D eigenvalue weighted by Gasteiger charge is 2.32. The monoisotopic (exact) mass is 442 g/mol. The minimum atomic E-state index is -3.98. The van der Waals surface area contributed by atoms with Gasteiger partial charge in [0.25, 0.3) is 0 Å². The lowest BCUT2D eigenvalue weighted by Crippen LogP contribution is -2.11. The Bertz CT molecular complexity index is 1290. The fraction of sp³-hybridized carbons (Fsp3) is 0.190. The highest BCUT2D eigenvalue weighted by atomic mass is 32.2. The number of hydrogen-bond acceptors (Lipinski definition) is 6. The molecule has 3 aromatic rings. The maximum Gasteiger partial charge on any atom is 0.335 e. The largest absolute Gasteiger partial charge is 0.478 e. The molecule has 6 nitrogen and oxygen atoms in total. The van der Waals surface area contributed by atoms with Crippen molar-refractivity contribution in [1.29, 1.82) is 5.26 Å². The van der Waals surface area contributed by atoms with E-state index in [1.54, 1.807) is 23.6 Å². The Kier molecular flexibility index (Phi) is 5.13. The molecule has 0 spiro atoms. The van der Waals surface area contributed by atoms with Crippen LogP contribution in [0.2, 0.25) is 0 Å². The first kappa shape index (κ1) is 20.2. The molecule has 9 heteroatoms. The molecule has 2 aromatic carbocycles. The van der Waals surface area contributed by atoms with Crippen LogP contribution in [0.1, 0.15) is 45.8 Å². The van der Waals surface area contributed by atoms with Crippen molar-refractivity contribution in [2.45, 2.75) is 29.4 Å². The molecule has 4 rings (SSSR count). The van der Waals surface area contributed by atoms with Crippen LogP contribution in [0.5, 0.6) is 0 Å². The maximum atomic E-state index is 14.2. The predicted molar refractivity (Wildman–Crippen MR) is 108 cm³/mol. The molecular formula is C21H15FN2O4S2. The summed E-state index contributed by atoms with van der Waals surface area (Å²) in [7, 11) is -3.98. The summed E-state index contributed by atoms with van der Waals surface area (Å²) in [5.74, 6) is -2.39. The van der Waals surface area contributed by atoms with Gasteiger partial charge >= 0.3 is 5.97 Å². The molecule has 0 radical (unpaired) electrons. The van der Waals surface area contributed by atoms with Crippen molar-refractivity contribution >= 4 is 27.3 Å². The van der Waals surface area contributed by atoms with Crippen molar-refractivity contribution in [3.05, 3.63) is 69.8 Å². The van der Waals surface area contributed by atoms with Crippen molar-refractivity contribution in [1.82, 2.24) is 4.37 Å². The van der Waals surface area contributed by atoms with Crippen LogP contribution in [-0.4, -0.2) is 23.9 Å². The van der Waals surface area contributed by atoms with E-state index in [-0.39, 0.29) is 27.5 Å². The molecule has 0 saturated heterocycles. The predicted octanol–water partition coefficient (Wildman–Crippen LogP) is 4.37. The summed E-state index contributed by atoms with van der Waals surface area (Å²) in [4.78, 5) is 11.4. The Labute approximate surface area is 176 Å². The number of nitrogens with zero attached hydrogens (tertiary/aromatic N) is 2. The number of benzene rings is 2. The highest BCUT2D eigenvalue weighted by Crippen LogP contribution is 2.44. The fourth-order valence-corrected chi connectivity index (χ4v) is 5.59. The Morgan fingerprint density at radius 1 is 1.27 bits per heavy atom. The van der Waals surface area contributed by atoms with Crippen molar-refractivity contribution in [2.24, 2.45) is 0 Å². The molecule has 1 heterocycles. The quantitative estimate of drug-likeness (QED) is 0.607. The van der Waals surface area contributed by atoms with Crippen LogP contribution >= 0.6 is 11.5 Å². The Morgan fingerprint density at radius 3 is 2.63 bits per heavy atom. The van der Waals surface area contributed by atoms with E-state index in [0.29, 0.717) is 16.8 Å². The second-order valence-corrected chi connectivity index (χ2v) is 9.70. The average Bonchev–Trinajstić information content (AvgIpc) is 3.42. The number of rotatable bonds is 6. The topological polar surface area (TPSA) is 108 Å². The van der Waals surface area contributed by atoms with Crippen LogP contribution in [0.3, 0.4) is 0 Å². The second kappa shape index (κ2) is 7.63. The molecule has 0 unspecified atom stereocenters. The number of carbonyl (C=O) groups is 1. The van der Waals surface area contributed by atoms with Gasteiger partial charge < -0.3 is 5.11 Å². The SMILES string of the molecule is N#Cc1cc(CS(=O)(=O)c2cc(C(=O)O)ccc2C2CC2)c(-c2ccsn2)cc1F. The summed E-state index contributed by atoms with van der Waals surface area (Å²) < 4.78 is 45.1. The summed E-state index contributed by atoms with van der Waals surface area (Å²) in [6, 6.07) is 9.86. The normalized spacial score (nSPS) is 13.7. The molecule has 1 aliphatic rings. The molecule has 1 fully saturated rings. The van der Waals surface area contributed by atoms with E-state index in [4.69, 9.17) is 0 Å². The van der Waals surface area contributed by atoms with Crippen LogP contribution in [0.25, 0.3) is 11.3 Å². The first-order valence-corrected chi connectivity index (χ1v) is 11.5. The van der Waals surface area contributed by atoms with Crippen LogP contribution in [0.15, 0.2) is 46.7 Å². The van der Waals surface area contributed by atoms with Crippen molar-refractivity contribution in [3.63, 3.8) is 0 Å². The Morgan fingerprint density at radius 2 is 2.03 bits per heavy atom. The molecule has 1 aromatic heterocycles. The second-order valence-electron chi connectivity index (χ2n) is 7.08. The smallest absolute Gasteiger partial charge is 0.335 e. The molecule has 0 amide bonds. The van der Waals surface area contributed by atoms with Crippen LogP contribution in [0, 0.1) is 17.1 Å². The van der Waals surface area contributed by atoms with Crippen molar-refractivity contribution < 1.29 is 22.7 Å². The molecule has 1 aliphatic carbocycles. The number of halogens is 1. The van der Waals surface area contributed by atoms with Gasteiger partial charge in [-0.3, -0.25) is 0 Å². The zero-order valence-electron chi connectivity index (χ0n) is 15.5. The van der Waals surface area contributed by atoms with E-state index < -0.39 is 27.4 Å². The Hall–Kier alpha value is -3.09. The van der Waals surface area contributed by atoms with Gasteiger partial charge in [0, 0.05) is 10.9 Å². The number of sulfone groups is 1. The average molecular weight is 442 g/mol. The molecular weight excluding hydrogens is 427 g/mol. The van der Waals surface area contributed by atoms with Gasteiger partial charge in [-0.25, -0.2) is 17.6 Å². The summed E-state index contributed by atoms with van der Waals surface area (Å²) >= 11 is 1.14. The third kappa shape index (κ3) is 3.84. The first-order valence-electron chi connectivity index (χ1n) is 9.03. The molecule has 1 N–H and O–H groups in total. The van der Waals surface area contributed by atoms with Gasteiger partial charge in [-0.2, -0.15) is 9.64 Å². The molecule has 0 atom stereocenters. The van der Waals surface area contributed by atoms with Gasteiger partial charge in [0.2, 0.25) is 0 Å². The Balaban J connectivity index is 1.84. The third-order valence-electron chi connectivity index (χ3n) is 4.99. The van der Waals surface area contributed by atoms with Crippen molar-refractivity contribution in [2.75, 3.05) is 0 Å². The van der Waals surface area contributed by atoms with E-state index in [1.807, 2.05) is 0 Å². The zero-order chi connectivity index (χ0) is 21.5. The van der Waals surface area contributed by atoms with Crippen molar-refractivity contribution in [3.8, 4) is 17.3 Å². The summed E-state index contributed by atoms with van der Waals surface area (Å²) in [6.45, 7) is 0. The minimum absolute atomic E-state index is 0.0306. The number of aromatic carboxylic acids is 1. The molecule has 1 saturated carbocycles. The minimum Gasteiger partial charge on any atom is -0.478 e. The number of carboxylic acid groups (broad SMARTS) is 1. The van der Waals surface area contributed by atoms with Gasteiger partial charge in [0.15, 0.2) is 9.84 Å². The number of aromatic nitrogens is 1. The number of nitriles is 1. The lowest BCUT2D eigenvalue weighted by Gasteiger charge is -2.14. The van der Waals surface area contributed by atoms with Crippen LogP contribution < -0.4 is 0 Å². The fourth-order valence-electron chi connectivity index (χ4n) is 3.36. The first-order chi connectivity index (χ1) is 14.3. The number of hydrogen-bond donors (Lipinski definition) is 1. The van der Waals surface area contributed by atoms with Gasteiger partial charge in [-0.05, 0) is 71.8 Å². The standard InChI is InChI=1S/C21H15FN2O4S2/c22-18-9-17(19-5-6-29-24-19)15(7-14(18)10-23)11-30(27,28)20-8-13(21(25)26)3-4-16(20)12-1-2-12/h3-9,12H,1-2,11H2,(H,25,26). The maximum absolute atomic E-state index is 14.2. The number of carboxylic acids is 1. The zero-order valence-corrected chi connectivity index (χ0v) is 17.1. The summed E-state index contributed by atoms with van der Waals surface area (Å²) in [5, 5.41) is 20.2. The van der Waals surface area contributed by atoms with E-state index in [0.717, 1.165) is 30.4 Å². The molecule has 0 bridgehead atoms. The van der Waals surface area contributed by atoms with E-state index in [9.17, 15) is 28.0 Å². The molecule has 0 aliphatic heterocycles. The lowest BCUT2D eigenvalue weighted by molar-refractivity contribution is 0.0696. The van der Waals surface area contributed by atoms with E-state index in [1.165, 1.54) is 18.2 Å². The van der Waals surface area contributed by atoms with Crippen LogP contribution in [0.4, 0.5) is 4.39 Å². The van der Waals surface area contributed by atoms with Gasteiger partial charge in [-0.1, -0.05) is 6.07 Å².